The Balaban J connectivity index is 2.54. The Morgan fingerprint density at radius 2 is 1.82 bits per heavy atom. The van der Waals surface area contributed by atoms with Crippen molar-refractivity contribution in [2.45, 2.75) is 38.8 Å². The number of β-amino-alcohol motifs (C(OH)–C–C–N with tert-alkyl or cyclic N) is 1. The summed E-state index contributed by atoms with van der Waals surface area (Å²) in [6.45, 7) is 6.41. The van der Waals surface area contributed by atoms with E-state index >= 15 is 0 Å². The quantitative estimate of drug-likeness (QED) is 0.705. The van der Waals surface area contributed by atoms with E-state index in [0.29, 0.717) is 6.54 Å². The average Bonchev–Trinajstić information content (AvgIpc) is 2.36. The Bertz CT molecular complexity index is 333. The second-order valence-electron chi connectivity index (χ2n) is 5.03. The van der Waals surface area contributed by atoms with Gasteiger partial charge in [-0.25, -0.2) is 0 Å². The molecule has 0 aliphatic carbocycles. The number of aliphatic hydroxyl groups is 2. The van der Waals surface area contributed by atoms with Crippen LogP contribution >= 0.6 is 0 Å². The molecular weight excluding hydrogens is 214 g/mol. The Morgan fingerprint density at radius 3 is 2.29 bits per heavy atom. The molecule has 0 spiro atoms. The van der Waals surface area contributed by atoms with Crippen LogP contribution in [-0.2, 0) is 6.42 Å². The van der Waals surface area contributed by atoms with E-state index in [0.717, 1.165) is 12.0 Å². The second-order valence-corrected chi connectivity index (χ2v) is 5.03. The summed E-state index contributed by atoms with van der Waals surface area (Å²) in [4.78, 5) is 0. The van der Waals surface area contributed by atoms with Gasteiger partial charge in [0.25, 0.3) is 0 Å². The summed E-state index contributed by atoms with van der Waals surface area (Å²) in [5, 5.41) is 22.2. The van der Waals surface area contributed by atoms with Gasteiger partial charge in [0.15, 0.2) is 0 Å². The molecule has 0 aliphatic heterocycles. The van der Waals surface area contributed by atoms with Crippen LogP contribution in [0.15, 0.2) is 24.3 Å². The molecule has 0 saturated heterocycles. The molecule has 1 atom stereocenters. The fourth-order valence-corrected chi connectivity index (χ4v) is 1.52. The van der Waals surface area contributed by atoms with Gasteiger partial charge >= 0.3 is 0 Å². The minimum Gasteiger partial charge on any atom is -0.394 e. The fraction of sp³-hybridized carbons (Fsp3) is 0.571. The van der Waals surface area contributed by atoms with E-state index in [1.165, 1.54) is 5.56 Å². The first-order valence-corrected chi connectivity index (χ1v) is 6.11. The highest BCUT2D eigenvalue weighted by Gasteiger charge is 2.17. The molecule has 1 aromatic carbocycles. The van der Waals surface area contributed by atoms with Gasteiger partial charge in [0.05, 0.1) is 12.7 Å². The lowest BCUT2D eigenvalue weighted by atomic mass is 10.0. The first-order valence-electron chi connectivity index (χ1n) is 6.11. The van der Waals surface area contributed by atoms with E-state index in [2.05, 4.69) is 12.2 Å². The number of benzene rings is 1. The molecule has 3 N–H and O–H groups in total. The standard InChI is InChI=1S/C14H23NO2/c1-4-11-5-7-12(8-6-11)13(17)9-15-14(2,3)10-16/h5-8,13,15-17H,4,9-10H2,1-3H3. The molecule has 1 unspecified atom stereocenters. The first-order chi connectivity index (χ1) is 7.98. The van der Waals surface area contributed by atoms with Crippen molar-refractivity contribution in [2.75, 3.05) is 13.2 Å². The Hall–Kier alpha value is -0.900. The molecule has 96 valence electrons. The molecule has 1 aromatic rings. The van der Waals surface area contributed by atoms with E-state index in [9.17, 15) is 5.11 Å². The SMILES string of the molecule is CCc1ccc(C(O)CNC(C)(C)CO)cc1. The molecule has 0 heterocycles. The number of aliphatic hydroxyl groups excluding tert-OH is 2. The van der Waals surface area contributed by atoms with Crippen molar-refractivity contribution in [1.82, 2.24) is 5.32 Å². The van der Waals surface area contributed by atoms with Crippen molar-refractivity contribution < 1.29 is 10.2 Å². The zero-order chi connectivity index (χ0) is 12.9. The van der Waals surface area contributed by atoms with Crippen LogP contribution in [0, 0.1) is 0 Å². The molecule has 0 aromatic heterocycles. The predicted octanol–water partition coefficient (Wildman–Crippen LogP) is 1.64. The van der Waals surface area contributed by atoms with Gasteiger partial charge in [-0.05, 0) is 31.4 Å². The van der Waals surface area contributed by atoms with E-state index in [1.54, 1.807) is 0 Å². The van der Waals surface area contributed by atoms with Crippen molar-refractivity contribution in [1.29, 1.82) is 0 Å². The molecule has 0 bridgehead atoms. The lowest BCUT2D eigenvalue weighted by molar-refractivity contribution is 0.136. The molecule has 3 heteroatoms. The molecule has 0 radical (unpaired) electrons. The zero-order valence-electron chi connectivity index (χ0n) is 10.9. The Morgan fingerprint density at radius 1 is 1.24 bits per heavy atom. The summed E-state index contributed by atoms with van der Waals surface area (Å²) in [5.41, 5.74) is 1.82. The smallest absolute Gasteiger partial charge is 0.0914 e. The van der Waals surface area contributed by atoms with Crippen LogP contribution in [0.5, 0.6) is 0 Å². The van der Waals surface area contributed by atoms with Gasteiger partial charge in [0.1, 0.15) is 0 Å². The van der Waals surface area contributed by atoms with Gasteiger partial charge in [-0.2, -0.15) is 0 Å². The van der Waals surface area contributed by atoms with E-state index in [1.807, 2.05) is 38.1 Å². The van der Waals surface area contributed by atoms with E-state index in [4.69, 9.17) is 5.11 Å². The van der Waals surface area contributed by atoms with Crippen LogP contribution in [0.3, 0.4) is 0 Å². The molecule has 1 rings (SSSR count). The number of rotatable bonds is 6. The van der Waals surface area contributed by atoms with E-state index in [-0.39, 0.29) is 12.1 Å². The zero-order valence-corrected chi connectivity index (χ0v) is 10.9. The van der Waals surface area contributed by atoms with Crippen LogP contribution in [0.2, 0.25) is 0 Å². The summed E-state index contributed by atoms with van der Waals surface area (Å²) >= 11 is 0. The lowest BCUT2D eigenvalue weighted by Crippen LogP contribution is -2.44. The largest absolute Gasteiger partial charge is 0.394 e. The van der Waals surface area contributed by atoms with Crippen molar-refractivity contribution in [2.24, 2.45) is 0 Å². The summed E-state index contributed by atoms with van der Waals surface area (Å²) in [7, 11) is 0. The minimum atomic E-state index is -0.535. The van der Waals surface area contributed by atoms with Crippen molar-refractivity contribution in [3.05, 3.63) is 35.4 Å². The molecule has 0 aliphatic rings. The van der Waals surface area contributed by atoms with Crippen molar-refractivity contribution in [3.63, 3.8) is 0 Å². The first kappa shape index (κ1) is 14.2. The Labute approximate surface area is 103 Å². The average molecular weight is 237 g/mol. The number of hydrogen-bond donors (Lipinski definition) is 3. The summed E-state index contributed by atoms with van der Waals surface area (Å²) in [5.74, 6) is 0. The fourth-order valence-electron chi connectivity index (χ4n) is 1.52. The molecule has 0 fully saturated rings. The van der Waals surface area contributed by atoms with Crippen LogP contribution in [-0.4, -0.2) is 28.9 Å². The third-order valence-corrected chi connectivity index (χ3v) is 2.94. The monoisotopic (exact) mass is 237 g/mol. The van der Waals surface area contributed by atoms with Gasteiger partial charge in [0.2, 0.25) is 0 Å². The maximum absolute atomic E-state index is 10.00. The molecule has 3 nitrogen and oxygen atoms in total. The summed E-state index contributed by atoms with van der Waals surface area (Å²) in [6, 6.07) is 7.99. The third-order valence-electron chi connectivity index (χ3n) is 2.94. The minimum absolute atomic E-state index is 0.0501. The van der Waals surface area contributed by atoms with Gasteiger partial charge in [-0.15, -0.1) is 0 Å². The maximum atomic E-state index is 10.00. The van der Waals surface area contributed by atoms with E-state index < -0.39 is 6.10 Å². The predicted molar refractivity (Wildman–Crippen MR) is 69.9 cm³/mol. The topological polar surface area (TPSA) is 52.5 Å². The number of aryl methyl sites for hydroxylation is 1. The van der Waals surface area contributed by atoms with Crippen molar-refractivity contribution >= 4 is 0 Å². The van der Waals surface area contributed by atoms with Crippen LogP contribution < -0.4 is 5.32 Å². The lowest BCUT2D eigenvalue weighted by Gasteiger charge is -2.25. The molecular formula is C14H23NO2. The van der Waals surface area contributed by atoms with Crippen LogP contribution in [0.25, 0.3) is 0 Å². The molecule has 0 saturated carbocycles. The number of hydrogen-bond acceptors (Lipinski definition) is 3. The van der Waals surface area contributed by atoms with Crippen LogP contribution in [0.1, 0.15) is 38.0 Å². The highest BCUT2D eigenvalue weighted by atomic mass is 16.3. The van der Waals surface area contributed by atoms with Gasteiger partial charge in [-0.3, -0.25) is 0 Å². The molecule has 0 amide bonds. The number of nitrogens with one attached hydrogen (secondary N) is 1. The maximum Gasteiger partial charge on any atom is 0.0914 e. The van der Waals surface area contributed by atoms with Crippen LogP contribution in [0.4, 0.5) is 0 Å². The summed E-state index contributed by atoms with van der Waals surface area (Å²) < 4.78 is 0. The van der Waals surface area contributed by atoms with Gasteiger partial charge in [0, 0.05) is 12.1 Å². The highest BCUT2D eigenvalue weighted by Crippen LogP contribution is 2.14. The Kier molecular flexibility index (Phi) is 5.12. The van der Waals surface area contributed by atoms with Gasteiger partial charge < -0.3 is 15.5 Å². The third kappa shape index (κ3) is 4.46. The summed E-state index contributed by atoms with van der Waals surface area (Å²) in [6.07, 6.45) is 0.471. The molecule has 17 heavy (non-hydrogen) atoms. The van der Waals surface area contributed by atoms with Gasteiger partial charge in [-0.1, -0.05) is 31.2 Å². The van der Waals surface area contributed by atoms with Crippen molar-refractivity contribution in [3.8, 4) is 0 Å². The normalized spacial score (nSPS) is 13.7. The second kappa shape index (κ2) is 6.15. The highest BCUT2D eigenvalue weighted by molar-refractivity contribution is 5.24.